The van der Waals surface area contributed by atoms with Gasteiger partial charge in [-0.2, -0.15) is 0 Å². The molecule has 2 aliphatic heterocycles. The monoisotopic (exact) mass is 573 g/mol. The lowest BCUT2D eigenvalue weighted by Gasteiger charge is -2.42. The summed E-state index contributed by atoms with van der Waals surface area (Å²) in [4.78, 5) is 29.0. The fraction of sp³-hybridized carbons (Fsp3) is 0.370. The van der Waals surface area contributed by atoms with Gasteiger partial charge in [0.25, 0.3) is 21.8 Å². The lowest BCUT2D eigenvalue weighted by Crippen LogP contribution is -2.41. The maximum atomic E-state index is 13.1. The highest BCUT2D eigenvalue weighted by atomic mass is 32.2. The first kappa shape index (κ1) is 26.8. The molecule has 2 saturated heterocycles. The van der Waals surface area contributed by atoms with Crippen LogP contribution < -0.4 is 9.62 Å². The molecule has 1 N–H and O–H groups in total. The first-order chi connectivity index (χ1) is 18.2. The number of amides is 2. The summed E-state index contributed by atoms with van der Waals surface area (Å²) in [5.74, 6) is -0.331. The molecular weight excluding hydrogens is 546 g/mol. The van der Waals surface area contributed by atoms with E-state index >= 15 is 0 Å². The van der Waals surface area contributed by atoms with Gasteiger partial charge in [0.2, 0.25) is 0 Å². The van der Waals surface area contributed by atoms with Gasteiger partial charge in [-0.15, -0.1) is 0 Å². The maximum absolute atomic E-state index is 13.1. The zero-order valence-corrected chi connectivity index (χ0v) is 23.1. The van der Waals surface area contributed by atoms with E-state index in [1.54, 1.807) is 6.08 Å². The number of carbonyl (C=O) groups is 2. The second-order valence-electron chi connectivity index (χ2n) is 9.88. The molecule has 2 heterocycles. The van der Waals surface area contributed by atoms with Crippen molar-refractivity contribution in [2.45, 2.75) is 37.0 Å². The van der Waals surface area contributed by atoms with Gasteiger partial charge >= 0.3 is 0 Å². The molecule has 11 heteroatoms. The van der Waals surface area contributed by atoms with Crippen molar-refractivity contribution in [2.75, 3.05) is 24.5 Å². The average molecular weight is 574 g/mol. The number of thioether (sulfide) groups is 1. The molecule has 7 nitrogen and oxygen atoms in total. The van der Waals surface area contributed by atoms with Crippen molar-refractivity contribution in [1.82, 2.24) is 9.62 Å². The van der Waals surface area contributed by atoms with Crippen LogP contribution in [0.1, 0.15) is 37.7 Å². The summed E-state index contributed by atoms with van der Waals surface area (Å²) in [6, 6.07) is 12.2. The normalized spacial score (nSPS) is 23.0. The van der Waals surface area contributed by atoms with Gasteiger partial charge < -0.3 is 4.90 Å². The zero-order chi connectivity index (χ0) is 26.9. The van der Waals surface area contributed by atoms with E-state index in [2.05, 4.69) is 17.0 Å². The minimum Gasteiger partial charge on any atom is -0.371 e. The Morgan fingerprint density at radius 1 is 1.05 bits per heavy atom. The minimum absolute atomic E-state index is 0.169. The molecular formula is C27H28FN3O4S3. The molecule has 1 saturated carbocycles. The summed E-state index contributed by atoms with van der Waals surface area (Å²) < 4.78 is 40.0. The number of nitrogens with zero attached hydrogens (tertiary/aromatic N) is 2. The molecule has 0 radical (unpaired) electrons. The number of piperidine rings is 1. The van der Waals surface area contributed by atoms with Crippen LogP contribution in [0.5, 0.6) is 0 Å². The predicted octanol–water partition coefficient (Wildman–Crippen LogP) is 4.55. The molecule has 2 amide bonds. The summed E-state index contributed by atoms with van der Waals surface area (Å²) in [5.41, 5.74) is 2.02. The van der Waals surface area contributed by atoms with Gasteiger partial charge in [0.15, 0.2) is 0 Å². The topological polar surface area (TPSA) is 86.8 Å². The molecule has 1 aliphatic carbocycles. The minimum atomic E-state index is -4.21. The second kappa shape index (κ2) is 11.2. The van der Waals surface area contributed by atoms with E-state index in [4.69, 9.17) is 12.2 Å². The summed E-state index contributed by atoms with van der Waals surface area (Å²) in [6.07, 6.45) is 8.34. The molecule has 0 bridgehead atoms. The lowest BCUT2D eigenvalue weighted by molar-refractivity contribution is -0.127. The number of rotatable bonds is 6. The molecule has 2 aromatic carbocycles. The third-order valence-corrected chi connectivity index (χ3v) is 10.2. The number of hydrogen-bond donors (Lipinski definition) is 1. The average Bonchev–Trinajstić information content (AvgIpc) is 3.16. The number of anilines is 1. The Morgan fingerprint density at radius 3 is 2.45 bits per heavy atom. The Kier molecular flexibility index (Phi) is 7.88. The van der Waals surface area contributed by atoms with Crippen LogP contribution in [0.15, 0.2) is 58.3 Å². The van der Waals surface area contributed by atoms with Crippen molar-refractivity contribution in [3.63, 3.8) is 0 Å². The third-order valence-electron chi connectivity index (χ3n) is 7.39. The van der Waals surface area contributed by atoms with E-state index in [1.807, 2.05) is 16.9 Å². The number of hydrogen-bond acceptors (Lipinski definition) is 7. The number of benzene rings is 2. The Hall–Kier alpha value is -2.76. The molecule has 2 aromatic rings. The third kappa shape index (κ3) is 5.94. The molecule has 3 aliphatic rings. The molecule has 200 valence electrons. The largest absolute Gasteiger partial charge is 0.371 e. The van der Waals surface area contributed by atoms with Crippen LogP contribution in [-0.4, -0.2) is 49.1 Å². The molecule has 3 fully saturated rings. The van der Waals surface area contributed by atoms with Crippen LogP contribution in [0.3, 0.4) is 0 Å². The van der Waals surface area contributed by atoms with Gasteiger partial charge in [-0.25, -0.2) is 17.5 Å². The first-order valence-corrected chi connectivity index (χ1v) is 15.3. The van der Waals surface area contributed by atoms with Crippen molar-refractivity contribution in [3.8, 4) is 0 Å². The summed E-state index contributed by atoms with van der Waals surface area (Å²) in [6.45, 7) is 1.62. The number of nitrogens with one attached hydrogen (secondary N) is 1. The Morgan fingerprint density at radius 2 is 1.74 bits per heavy atom. The van der Waals surface area contributed by atoms with Gasteiger partial charge in [0.1, 0.15) is 16.7 Å². The first-order valence-electron chi connectivity index (χ1n) is 12.6. The molecule has 0 aromatic heterocycles. The Labute approximate surface area is 231 Å². The molecule has 2 atom stereocenters. The Balaban J connectivity index is 1.20. The van der Waals surface area contributed by atoms with E-state index in [-0.39, 0.29) is 9.22 Å². The lowest BCUT2D eigenvalue weighted by atomic mass is 9.75. The Bertz CT molecular complexity index is 1380. The van der Waals surface area contributed by atoms with Gasteiger partial charge in [-0.3, -0.25) is 14.5 Å². The van der Waals surface area contributed by atoms with Crippen molar-refractivity contribution in [2.24, 2.45) is 11.8 Å². The molecule has 5 rings (SSSR count). The molecule has 0 spiro atoms. The van der Waals surface area contributed by atoms with E-state index in [0.717, 1.165) is 71.4 Å². The highest BCUT2D eigenvalue weighted by Gasteiger charge is 2.34. The number of fused-ring (bicyclic) bond motifs is 1. The zero-order valence-electron chi connectivity index (χ0n) is 20.6. The van der Waals surface area contributed by atoms with Crippen molar-refractivity contribution in [3.05, 3.63) is 64.8 Å². The van der Waals surface area contributed by atoms with Gasteiger partial charge in [-0.05, 0) is 72.7 Å². The second-order valence-corrected chi connectivity index (χ2v) is 13.2. The van der Waals surface area contributed by atoms with Crippen LogP contribution in [-0.2, 0) is 19.6 Å². The van der Waals surface area contributed by atoms with Crippen molar-refractivity contribution >= 4 is 61.9 Å². The predicted molar refractivity (Wildman–Crippen MR) is 150 cm³/mol. The van der Waals surface area contributed by atoms with Crippen LogP contribution in [0.4, 0.5) is 10.1 Å². The van der Waals surface area contributed by atoms with E-state index in [9.17, 15) is 22.4 Å². The fourth-order valence-corrected chi connectivity index (χ4v) is 7.63. The van der Waals surface area contributed by atoms with Gasteiger partial charge in [0.05, 0.1) is 9.80 Å². The quantitative estimate of drug-likeness (QED) is 0.401. The summed E-state index contributed by atoms with van der Waals surface area (Å²) >= 11 is 6.35. The molecule has 38 heavy (non-hydrogen) atoms. The highest BCUT2D eigenvalue weighted by molar-refractivity contribution is 8.26. The van der Waals surface area contributed by atoms with E-state index in [1.165, 1.54) is 37.8 Å². The molecule has 2 unspecified atom stereocenters. The van der Waals surface area contributed by atoms with Crippen LogP contribution >= 0.6 is 24.0 Å². The summed E-state index contributed by atoms with van der Waals surface area (Å²) in [5, 5.41) is 0. The number of carbonyl (C=O) groups excluding carboxylic acids is 2. The van der Waals surface area contributed by atoms with Gasteiger partial charge in [-0.1, -0.05) is 55.4 Å². The SMILES string of the molecule is O=C(CN1C(=O)C(=Cc2ccc(N3CCC4CCCCC4C3)cc2)SC1=S)NS(=O)(=O)c1ccc(F)cc1. The van der Waals surface area contributed by atoms with Crippen molar-refractivity contribution < 1.29 is 22.4 Å². The standard InChI is InChI=1S/C27H28FN3O4S3/c28-21-7-11-23(12-8-21)38(34,35)29-25(32)17-31-26(33)24(37-27(31)36)15-18-5-9-22(10-6-18)30-14-13-19-3-1-2-4-20(19)16-30/h5-12,15,19-20H,1-4,13-14,16-17H2,(H,29,32). The maximum Gasteiger partial charge on any atom is 0.266 e. The van der Waals surface area contributed by atoms with Crippen LogP contribution in [0.25, 0.3) is 6.08 Å². The van der Waals surface area contributed by atoms with Crippen LogP contribution in [0.2, 0.25) is 0 Å². The van der Waals surface area contributed by atoms with Crippen LogP contribution in [0, 0.1) is 17.7 Å². The highest BCUT2D eigenvalue weighted by Crippen LogP contribution is 2.38. The van der Waals surface area contributed by atoms with Gasteiger partial charge in [0, 0.05) is 18.8 Å². The number of sulfonamides is 1. The summed E-state index contributed by atoms with van der Waals surface area (Å²) in [7, 11) is -4.21. The fourth-order valence-electron chi connectivity index (χ4n) is 5.40. The van der Waals surface area contributed by atoms with E-state index in [0.29, 0.717) is 4.91 Å². The van der Waals surface area contributed by atoms with E-state index < -0.39 is 34.2 Å². The number of halogens is 1. The van der Waals surface area contributed by atoms with Crippen molar-refractivity contribution in [1.29, 1.82) is 0 Å². The smallest absolute Gasteiger partial charge is 0.266 e. The number of thiocarbonyl (C=S) groups is 1.